The third kappa shape index (κ3) is 6.00. The van der Waals surface area contributed by atoms with E-state index in [4.69, 9.17) is 0 Å². The molecule has 17 heavy (non-hydrogen) atoms. The van der Waals surface area contributed by atoms with Crippen molar-refractivity contribution >= 4 is 11.2 Å². The predicted octanol–water partition coefficient (Wildman–Crippen LogP) is 4.05. The van der Waals surface area contributed by atoms with Crippen LogP contribution in [0.1, 0.15) is 53.2 Å². The van der Waals surface area contributed by atoms with Gasteiger partial charge in [-0.05, 0) is 13.8 Å². The highest BCUT2D eigenvalue weighted by Gasteiger charge is 1.99. The number of aryl methyl sites for hydroxylation is 2. The van der Waals surface area contributed by atoms with Crippen LogP contribution >= 0.6 is 0 Å². The van der Waals surface area contributed by atoms with Crippen molar-refractivity contribution in [2.75, 3.05) is 0 Å². The fourth-order valence-corrected chi connectivity index (χ4v) is 1.01. The van der Waals surface area contributed by atoms with Gasteiger partial charge in [-0.15, -0.1) is 0 Å². The standard InChI is InChI=1S/C7H8N4.3C2H6/c1-4-8-3-6-7(10-4)11-5(2)9-6;3*1-2/h3H,1-2H3,(H,8,9,10,11);3*1-2H3. The van der Waals surface area contributed by atoms with E-state index < -0.39 is 0 Å². The Morgan fingerprint density at radius 3 is 1.94 bits per heavy atom. The van der Waals surface area contributed by atoms with Gasteiger partial charge in [-0.2, -0.15) is 0 Å². The molecule has 0 unspecified atom stereocenters. The van der Waals surface area contributed by atoms with Crippen molar-refractivity contribution in [2.45, 2.75) is 55.4 Å². The minimum absolute atomic E-state index is 0.745. The van der Waals surface area contributed by atoms with Crippen LogP contribution < -0.4 is 0 Å². The van der Waals surface area contributed by atoms with E-state index in [9.17, 15) is 0 Å². The van der Waals surface area contributed by atoms with E-state index in [1.54, 1.807) is 6.20 Å². The van der Waals surface area contributed by atoms with Crippen molar-refractivity contribution < 1.29 is 0 Å². The van der Waals surface area contributed by atoms with Crippen LogP contribution in [0.2, 0.25) is 0 Å². The summed E-state index contributed by atoms with van der Waals surface area (Å²) in [6.45, 7) is 15.8. The Labute approximate surface area is 105 Å². The quantitative estimate of drug-likeness (QED) is 0.753. The van der Waals surface area contributed by atoms with Crippen molar-refractivity contribution in [3.05, 3.63) is 17.8 Å². The SMILES string of the molecule is CC.CC.CC.Cc1ncc2[nH]c(C)nc2n1. The number of rotatable bonds is 0. The molecule has 0 amide bonds. The average Bonchev–Trinajstić information content (AvgIpc) is 2.76. The van der Waals surface area contributed by atoms with Gasteiger partial charge in [0.05, 0.1) is 6.20 Å². The molecule has 0 saturated heterocycles. The number of hydrogen-bond donors (Lipinski definition) is 1. The summed E-state index contributed by atoms with van der Waals surface area (Å²) in [4.78, 5) is 15.4. The smallest absolute Gasteiger partial charge is 0.181 e. The summed E-state index contributed by atoms with van der Waals surface area (Å²) >= 11 is 0. The predicted molar refractivity (Wildman–Crippen MR) is 75.2 cm³/mol. The maximum absolute atomic E-state index is 4.17. The zero-order valence-electron chi connectivity index (χ0n) is 12.4. The molecular formula is C13H26N4. The molecule has 2 aromatic rings. The second-order valence-electron chi connectivity index (χ2n) is 2.48. The number of aromatic nitrogens is 4. The van der Waals surface area contributed by atoms with E-state index >= 15 is 0 Å². The van der Waals surface area contributed by atoms with E-state index in [-0.39, 0.29) is 0 Å². The van der Waals surface area contributed by atoms with E-state index in [0.29, 0.717) is 0 Å². The minimum Gasteiger partial charge on any atom is -0.340 e. The number of nitrogens with one attached hydrogen (secondary N) is 1. The normalized spacial score (nSPS) is 8.00. The number of aromatic amines is 1. The van der Waals surface area contributed by atoms with Crippen molar-refractivity contribution in [3.63, 3.8) is 0 Å². The van der Waals surface area contributed by atoms with Crippen molar-refractivity contribution in [1.82, 2.24) is 19.9 Å². The van der Waals surface area contributed by atoms with Crippen molar-refractivity contribution in [3.8, 4) is 0 Å². The van der Waals surface area contributed by atoms with Crippen LogP contribution in [-0.2, 0) is 0 Å². The van der Waals surface area contributed by atoms with Gasteiger partial charge in [-0.25, -0.2) is 15.0 Å². The molecule has 0 bridgehead atoms. The number of H-pyrrole nitrogens is 1. The fraction of sp³-hybridized carbons (Fsp3) is 0.615. The fourth-order valence-electron chi connectivity index (χ4n) is 1.01. The summed E-state index contributed by atoms with van der Waals surface area (Å²) in [5, 5.41) is 0. The molecule has 1 N–H and O–H groups in total. The van der Waals surface area contributed by atoms with Gasteiger partial charge in [0.25, 0.3) is 0 Å². The Morgan fingerprint density at radius 2 is 1.41 bits per heavy atom. The summed E-state index contributed by atoms with van der Waals surface area (Å²) in [7, 11) is 0. The lowest BCUT2D eigenvalue weighted by molar-refractivity contribution is 1.08. The molecule has 0 aromatic carbocycles. The van der Waals surface area contributed by atoms with Crippen LogP contribution in [0, 0.1) is 13.8 Å². The Morgan fingerprint density at radius 1 is 0.882 bits per heavy atom. The molecule has 0 radical (unpaired) electrons. The van der Waals surface area contributed by atoms with Gasteiger partial charge in [0.1, 0.15) is 17.2 Å². The lowest BCUT2D eigenvalue weighted by Crippen LogP contribution is -1.85. The first kappa shape index (κ1) is 17.9. The summed E-state index contributed by atoms with van der Waals surface area (Å²) < 4.78 is 0. The molecule has 98 valence electrons. The summed E-state index contributed by atoms with van der Waals surface area (Å²) in [6.07, 6.45) is 1.75. The van der Waals surface area contributed by atoms with Crippen LogP contribution in [0.25, 0.3) is 11.2 Å². The van der Waals surface area contributed by atoms with Gasteiger partial charge in [0.2, 0.25) is 0 Å². The molecule has 4 nitrogen and oxygen atoms in total. The highest BCUT2D eigenvalue weighted by Crippen LogP contribution is 2.05. The van der Waals surface area contributed by atoms with Crippen molar-refractivity contribution in [2.24, 2.45) is 0 Å². The lowest BCUT2D eigenvalue weighted by atomic mass is 10.5. The molecule has 0 atom stereocenters. The Kier molecular flexibility index (Phi) is 11.7. The molecule has 0 spiro atoms. The van der Waals surface area contributed by atoms with Crippen LogP contribution in [0.4, 0.5) is 0 Å². The molecule has 0 aliphatic heterocycles. The first-order valence-electron chi connectivity index (χ1n) is 6.41. The van der Waals surface area contributed by atoms with Crippen LogP contribution in [0.3, 0.4) is 0 Å². The van der Waals surface area contributed by atoms with Gasteiger partial charge in [0.15, 0.2) is 5.65 Å². The average molecular weight is 238 g/mol. The Hall–Kier alpha value is -1.45. The van der Waals surface area contributed by atoms with E-state index in [0.717, 1.165) is 22.8 Å². The highest BCUT2D eigenvalue weighted by atomic mass is 15.0. The molecule has 0 aliphatic rings. The number of hydrogen-bond acceptors (Lipinski definition) is 3. The maximum atomic E-state index is 4.17. The first-order chi connectivity index (χ1) is 8.25. The molecule has 4 heteroatoms. The summed E-state index contributed by atoms with van der Waals surface area (Å²) in [6, 6.07) is 0. The monoisotopic (exact) mass is 238 g/mol. The molecule has 0 aliphatic carbocycles. The largest absolute Gasteiger partial charge is 0.340 e. The van der Waals surface area contributed by atoms with Gasteiger partial charge in [-0.1, -0.05) is 41.5 Å². The second kappa shape index (κ2) is 11.0. The Bertz CT molecular complexity index is 393. The maximum Gasteiger partial charge on any atom is 0.181 e. The topological polar surface area (TPSA) is 54.5 Å². The van der Waals surface area contributed by atoms with Crippen molar-refractivity contribution in [1.29, 1.82) is 0 Å². The third-order valence-electron chi connectivity index (χ3n) is 1.48. The molecule has 0 saturated carbocycles. The molecule has 0 fully saturated rings. The zero-order valence-corrected chi connectivity index (χ0v) is 12.4. The first-order valence-corrected chi connectivity index (χ1v) is 6.41. The van der Waals surface area contributed by atoms with Gasteiger partial charge < -0.3 is 4.98 Å². The van der Waals surface area contributed by atoms with Gasteiger partial charge in [-0.3, -0.25) is 0 Å². The zero-order chi connectivity index (χ0) is 13.8. The number of fused-ring (bicyclic) bond motifs is 1. The number of imidazole rings is 1. The molecule has 2 rings (SSSR count). The summed E-state index contributed by atoms with van der Waals surface area (Å²) in [5.41, 5.74) is 1.64. The molecule has 2 heterocycles. The van der Waals surface area contributed by atoms with Gasteiger partial charge in [0, 0.05) is 0 Å². The highest BCUT2D eigenvalue weighted by molar-refractivity contribution is 5.68. The van der Waals surface area contributed by atoms with E-state index in [1.165, 1.54) is 0 Å². The third-order valence-corrected chi connectivity index (χ3v) is 1.48. The van der Waals surface area contributed by atoms with Crippen LogP contribution in [0.15, 0.2) is 6.20 Å². The minimum atomic E-state index is 0.745. The molecule has 2 aromatic heterocycles. The van der Waals surface area contributed by atoms with E-state index in [1.807, 2.05) is 55.4 Å². The van der Waals surface area contributed by atoms with Crippen LogP contribution in [0.5, 0.6) is 0 Å². The van der Waals surface area contributed by atoms with Gasteiger partial charge >= 0.3 is 0 Å². The molecular weight excluding hydrogens is 212 g/mol. The Balaban J connectivity index is 0. The second-order valence-corrected chi connectivity index (χ2v) is 2.48. The van der Waals surface area contributed by atoms with E-state index in [2.05, 4.69) is 19.9 Å². The number of nitrogens with zero attached hydrogens (tertiary/aromatic N) is 3. The van der Waals surface area contributed by atoms with Crippen LogP contribution in [-0.4, -0.2) is 19.9 Å². The summed E-state index contributed by atoms with van der Waals surface area (Å²) in [5.74, 6) is 1.63. The lowest BCUT2D eigenvalue weighted by Gasteiger charge is -1.87.